The number of hydrogen-bond donors (Lipinski definition) is 0. The average molecular weight is 375 g/mol. The number of rotatable bonds is 4. The maximum atomic E-state index is 12.5. The van der Waals surface area contributed by atoms with Crippen molar-refractivity contribution >= 4 is 34.9 Å². The van der Waals surface area contributed by atoms with Crippen LogP contribution >= 0.6 is 23.1 Å². The fourth-order valence-electron chi connectivity index (χ4n) is 2.81. The van der Waals surface area contributed by atoms with Crippen molar-refractivity contribution in [1.82, 2.24) is 9.80 Å². The molecule has 0 unspecified atom stereocenters. The van der Waals surface area contributed by atoms with Crippen LogP contribution in [0.3, 0.4) is 0 Å². The normalized spacial score (nSPS) is 14.6. The van der Waals surface area contributed by atoms with Gasteiger partial charge in [0.05, 0.1) is 10.6 Å². The van der Waals surface area contributed by atoms with E-state index in [0.29, 0.717) is 31.9 Å². The van der Waals surface area contributed by atoms with E-state index in [1.807, 2.05) is 47.1 Å². The fourth-order valence-corrected chi connectivity index (χ4v) is 4.58. The van der Waals surface area contributed by atoms with Crippen molar-refractivity contribution < 1.29 is 9.59 Å². The zero-order chi connectivity index (χ0) is 17.8. The molecule has 1 aromatic carbocycles. The third kappa shape index (κ3) is 4.44. The number of piperazine rings is 1. The van der Waals surface area contributed by atoms with Gasteiger partial charge in [0.25, 0.3) is 5.91 Å². The van der Waals surface area contributed by atoms with Crippen LogP contribution < -0.4 is 0 Å². The molecule has 6 heteroatoms. The number of thiophene rings is 1. The van der Waals surface area contributed by atoms with E-state index in [1.165, 1.54) is 16.9 Å². The standard InChI is InChI=1S/C19H22N2O2S2/c1-14-5-3-4-6-16(14)24-13-18(22)20-9-11-21(12-10-20)19(23)17-8-7-15(2)25-17/h3-8H,9-13H2,1-2H3. The number of benzene rings is 1. The highest BCUT2D eigenvalue weighted by atomic mass is 32.2. The van der Waals surface area contributed by atoms with E-state index in [9.17, 15) is 9.59 Å². The lowest BCUT2D eigenvalue weighted by atomic mass is 10.2. The minimum Gasteiger partial charge on any atom is -0.338 e. The minimum atomic E-state index is 0.0829. The average Bonchev–Trinajstić information content (AvgIpc) is 3.07. The van der Waals surface area contributed by atoms with Crippen molar-refractivity contribution in [1.29, 1.82) is 0 Å². The van der Waals surface area contributed by atoms with Gasteiger partial charge in [-0.2, -0.15) is 0 Å². The molecule has 1 saturated heterocycles. The van der Waals surface area contributed by atoms with Crippen LogP contribution in [0.15, 0.2) is 41.3 Å². The molecule has 1 aromatic heterocycles. The molecule has 3 rings (SSSR count). The molecule has 1 aliphatic heterocycles. The molecule has 132 valence electrons. The second-order valence-electron chi connectivity index (χ2n) is 6.14. The number of thioether (sulfide) groups is 1. The predicted octanol–water partition coefficient (Wildman–Crippen LogP) is 3.44. The van der Waals surface area contributed by atoms with Crippen molar-refractivity contribution in [3.05, 3.63) is 51.7 Å². The Kier molecular flexibility index (Phi) is 5.81. The molecular formula is C19H22N2O2S2. The van der Waals surface area contributed by atoms with E-state index in [2.05, 4.69) is 13.0 Å². The maximum absolute atomic E-state index is 12.5. The Morgan fingerprint density at radius 3 is 2.32 bits per heavy atom. The van der Waals surface area contributed by atoms with E-state index in [0.717, 1.165) is 14.6 Å². The molecule has 0 bridgehead atoms. The van der Waals surface area contributed by atoms with Crippen LogP contribution in [-0.4, -0.2) is 53.5 Å². The van der Waals surface area contributed by atoms with Crippen LogP contribution in [0.2, 0.25) is 0 Å². The first kappa shape index (κ1) is 18.0. The molecule has 2 heterocycles. The van der Waals surface area contributed by atoms with Gasteiger partial charge >= 0.3 is 0 Å². The molecule has 0 atom stereocenters. The zero-order valence-electron chi connectivity index (χ0n) is 14.5. The lowest BCUT2D eigenvalue weighted by Crippen LogP contribution is -2.51. The molecule has 1 fully saturated rings. The Bertz CT molecular complexity index is 764. The second-order valence-corrected chi connectivity index (χ2v) is 8.44. The summed E-state index contributed by atoms with van der Waals surface area (Å²) in [5.41, 5.74) is 1.20. The molecule has 2 amide bonds. The summed E-state index contributed by atoms with van der Waals surface area (Å²) < 4.78 is 0. The first-order valence-electron chi connectivity index (χ1n) is 8.36. The van der Waals surface area contributed by atoms with Crippen molar-refractivity contribution in [2.24, 2.45) is 0 Å². The number of nitrogens with zero attached hydrogens (tertiary/aromatic N) is 2. The molecule has 4 nitrogen and oxygen atoms in total. The third-order valence-electron chi connectivity index (χ3n) is 4.32. The summed E-state index contributed by atoms with van der Waals surface area (Å²) in [6, 6.07) is 12.0. The SMILES string of the molecule is Cc1ccc(C(=O)N2CCN(C(=O)CSc3ccccc3C)CC2)s1. The monoisotopic (exact) mass is 374 g/mol. The van der Waals surface area contributed by atoms with Crippen molar-refractivity contribution in [2.45, 2.75) is 18.7 Å². The summed E-state index contributed by atoms with van der Waals surface area (Å²) in [6.07, 6.45) is 0. The quantitative estimate of drug-likeness (QED) is 0.770. The van der Waals surface area contributed by atoms with Gasteiger partial charge in [-0.25, -0.2) is 0 Å². The number of hydrogen-bond acceptors (Lipinski definition) is 4. The first-order valence-corrected chi connectivity index (χ1v) is 10.2. The van der Waals surface area contributed by atoms with Crippen molar-refractivity contribution in [2.75, 3.05) is 31.9 Å². The van der Waals surface area contributed by atoms with Gasteiger partial charge in [-0.3, -0.25) is 9.59 Å². The minimum absolute atomic E-state index is 0.0829. The summed E-state index contributed by atoms with van der Waals surface area (Å²) in [4.78, 5) is 31.7. The first-order chi connectivity index (χ1) is 12.0. The fraction of sp³-hybridized carbons (Fsp3) is 0.368. The van der Waals surface area contributed by atoms with E-state index in [4.69, 9.17) is 0 Å². The lowest BCUT2D eigenvalue weighted by molar-refractivity contribution is -0.129. The number of aryl methyl sites for hydroxylation is 2. The van der Waals surface area contributed by atoms with Gasteiger partial charge < -0.3 is 9.80 Å². The van der Waals surface area contributed by atoms with Gasteiger partial charge in [-0.05, 0) is 37.6 Å². The van der Waals surface area contributed by atoms with E-state index in [1.54, 1.807) is 11.8 Å². The Morgan fingerprint density at radius 1 is 1.00 bits per heavy atom. The third-order valence-corrected chi connectivity index (χ3v) is 6.46. The molecule has 0 saturated carbocycles. The van der Waals surface area contributed by atoms with Gasteiger partial charge in [-0.15, -0.1) is 23.1 Å². The molecule has 25 heavy (non-hydrogen) atoms. The maximum Gasteiger partial charge on any atom is 0.264 e. The van der Waals surface area contributed by atoms with Crippen LogP contribution in [0.5, 0.6) is 0 Å². The van der Waals surface area contributed by atoms with Crippen molar-refractivity contribution in [3.8, 4) is 0 Å². The summed E-state index contributed by atoms with van der Waals surface area (Å²) in [7, 11) is 0. The number of amides is 2. The van der Waals surface area contributed by atoms with Crippen molar-refractivity contribution in [3.63, 3.8) is 0 Å². The molecule has 0 aliphatic carbocycles. The number of carbonyl (C=O) groups is 2. The molecule has 1 aliphatic rings. The van der Waals surface area contributed by atoms with Crippen LogP contribution in [0, 0.1) is 13.8 Å². The Morgan fingerprint density at radius 2 is 1.68 bits per heavy atom. The van der Waals surface area contributed by atoms with E-state index < -0.39 is 0 Å². The Balaban J connectivity index is 1.49. The topological polar surface area (TPSA) is 40.6 Å². The van der Waals surface area contributed by atoms with Gasteiger partial charge in [-0.1, -0.05) is 18.2 Å². The molecule has 0 spiro atoms. The van der Waals surface area contributed by atoms with E-state index >= 15 is 0 Å². The van der Waals surface area contributed by atoms with Crippen LogP contribution in [-0.2, 0) is 4.79 Å². The van der Waals surface area contributed by atoms with Gasteiger partial charge in [0.15, 0.2) is 0 Å². The van der Waals surface area contributed by atoms with Gasteiger partial charge in [0.2, 0.25) is 5.91 Å². The highest BCUT2D eigenvalue weighted by molar-refractivity contribution is 8.00. The molecule has 0 radical (unpaired) electrons. The lowest BCUT2D eigenvalue weighted by Gasteiger charge is -2.34. The Labute approximate surface area is 156 Å². The summed E-state index contributed by atoms with van der Waals surface area (Å²) in [6.45, 7) is 6.51. The van der Waals surface area contributed by atoms with Crippen LogP contribution in [0.4, 0.5) is 0 Å². The summed E-state index contributed by atoms with van der Waals surface area (Å²) >= 11 is 3.11. The van der Waals surface area contributed by atoms with Gasteiger partial charge in [0.1, 0.15) is 0 Å². The zero-order valence-corrected chi connectivity index (χ0v) is 16.2. The summed E-state index contributed by atoms with van der Waals surface area (Å²) in [5.74, 6) is 0.676. The Hall–Kier alpha value is -1.79. The predicted molar refractivity (Wildman–Crippen MR) is 103 cm³/mol. The largest absolute Gasteiger partial charge is 0.338 e. The van der Waals surface area contributed by atoms with Gasteiger partial charge in [0, 0.05) is 36.0 Å². The molecule has 0 N–H and O–H groups in total. The highest BCUT2D eigenvalue weighted by Gasteiger charge is 2.25. The smallest absolute Gasteiger partial charge is 0.264 e. The van der Waals surface area contributed by atoms with E-state index in [-0.39, 0.29) is 11.8 Å². The molecular weight excluding hydrogens is 352 g/mol. The second kappa shape index (κ2) is 8.06. The highest BCUT2D eigenvalue weighted by Crippen LogP contribution is 2.23. The van der Waals surface area contributed by atoms with Crippen LogP contribution in [0.25, 0.3) is 0 Å². The summed E-state index contributed by atoms with van der Waals surface area (Å²) in [5, 5.41) is 0. The molecule has 2 aromatic rings. The van der Waals surface area contributed by atoms with Crippen LogP contribution in [0.1, 0.15) is 20.1 Å². The number of carbonyl (C=O) groups excluding carboxylic acids is 2.